The monoisotopic (exact) mass is 319 g/mol. The van der Waals surface area contributed by atoms with Crippen LogP contribution < -0.4 is 5.32 Å². The number of carbonyl (C=O) groups excluding carboxylic acids is 2. The molecular formula is C18H25NO4. The van der Waals surface area contributed by atoms with E-state index in [4.69, 9.17) is 9.47 Å². The summed E-state index contributed by atoms with van der Waals surface area (Å²) in [6, 6.07) is 9.22. The lowest BCUT2D eigenvalue weighted by Gasteiger charge is -2.15. The fraction of sp³-hybridized carbons (Fsp3) is 0.444. The van der Waals surface area contributed by atoms with Crippen molar-refractivity contribution in [2.45, 2.75) is 40.0 Å². The second-order valence-electron chi connectivity index (χ2n) is 4.89. The van der Waals surface area contributed by atoms with Gasteiger partial charge in [0.15, 0.2) is 0 Å². The molecule has 1 N–H and O–H groups in total. The van der Waals surface area contributed by atoms with E-state index in [2.05, 4.69) is 5.32 Å². The Bertz CT molecular complexity index is 537. The first-order valence-electron chi connectivity index (χ1n) is 8.03. The van der Waals surface area contributed by atoms with Crippen LogP contribution in [0.1, 0.15) is 40.0 Å². The first-order chi connectivity index (χ1) is 11.1. The minimum Gasteiger partial charge on any atom is -0.463 e. The lowest BCUT2D eigenvalue weighted by molar-refractivity contribution is -0.141. The average molecular weight is 319 g/mol. The summed E-state index contributed by atoms with van der Waals surface area (Å²) in [4.78, 5) is 24.6. The van der Waals surface area contributed by atoms with E-state index < -0.39 is 11.9 Å². The number of carbonyl (C=O) groups is 2. The van der Waals surface area contributed by atoms with E-state index >= 15 is 0 Å². The first kappa shape index (κ1) is 18.7. The molecule has 0 amide bonds. The van der Waals surface area contributed by atoms with E-state index in [0.29, 0.717) is 17.7 Å². The SMILES string of the molecule is CCCCC(C(=O)OCC)=C(Nc1ccccc1)C(=O)OCC. The lowest BCUT2D eigenvalue weighted by atomic mass is 10.1. The minimum absolute atomic E-state index is 0.157. The Morgan fingerprint density at radius 2 is 1.57 bits per heavy atom. The van der Waals surface area contributed by atoms with Gasteiger partial charge < -0.3 is 14.8 Å². The summed E-state index contributed by atoms with van der Waals surface area (Å²) in [6.07, 6.45) is 2.15. The van der Waals surface area contributed by atoms with Crippen LogP contribution in [0.2, 0.25) is 0 Å². The number of rotatable bonds is 9. The molecule has 0 saturated carbocycles. The third-order valence-corrected chi connectivity index (χ3v) is 3.13. The van der Waals surface area contributed by atoms with E-state index in [1.165, 1.54) is 0 Å². The molecule has 23 heavy (non-hydrogen) atoms. The Morgan fingerprint density at radius 1 is 0.957 bits per heavy atom. The quantitative estimate of drug-likeness (QED) is 0.556. The molecule has 5 nitrogen and oxygen atoms in total. The van der Waals surface area contributed by atoms with Crippen LogP contribution in [-0.2, 0) is 19.1 Å². The molecule has 0 atom stereocenters. The summed E-state index contributed by atoms with van der Waals surface area (Å²) in [6.45, 7) is 5.99. The number of esters is 2. The van der Waals surface area contributed by atoms with E-state index in [0.717, 1.165) is 12.8 Å². The molecule has 0 fully saturated rings. The molecule has 0 radical (unpaired) electrons. The fourth-order valence-electron chi connectivity index (χ4n) is 2.02. The number of unbranched alkanes of at least 4 members (excludes halogenated alkanes) is 1. The van der Waals surface area contributed by atoms with Gasteiger partial charge in [0.05, 0.1) is 18.8 Å². The molecule has 1 aromatic rings. The molecule has 0 unspecified atom stereocenters. The third kappa shape index (κ3) is 6.14. The highest BCUT2D eigenvalue weighted by Gasteiger charge is 2.23. The minimum atomic E-state index is -0.546. The number of benzene rings is 1. The average Bonchev–Trinajstić information content (AvgIpc) is 2.55. The molecule has 1 rings (SSSR count). The van der Waals surface area contributed by atoms with Crippen LogP contribution in [0.4, 0.5) is 5.69 Å². The van der Waals surface area contributed by atoms with E-state index in [9.17, 15) is 9.59 Å². The standard InChI is InChI=1S/C18H25NO4/c1-4-7-13-15(17(20)22-5-2)16(18(21)23-6-3)19-14-11-9-8-10-12-14/h8-12,19H,4-7,13H2,1-3H3. The van der Waals surface area contributed by atoms with Crippen molar-refractivity contribution in [3.8, 4) is 0 Å². The maximum Gasteiger partial charge on any atom is 0.355 e. The molecule has 0 spiro atoms. The first-order valence-corrected chi connectivity index (χ1v) is 8.03. The molecule has 0 aliphatic heterocycles. The highest BCUT2D eigenvalue weighted by atomic mass is 16.5. The van der Waals surface area contributed by atoms with Crippen molar-refractivity contribution in [3.63, 3.8) is 0 Å². The van der Waals surface area contributed by atoms with Crippen molar-refractivity contribution >= 4 is 17.6 Å². The number of hydrogen-bond acceptors (Lipinski definition) is 5. The Hall–Kier alpha value is -2.30. The van der Waals surface area contributed by atoms with Gasteiger partial charge in [-0.05, 0) is 38.8 Å². The van der Waals surface area contributed by atoms with Gasteiger partial charge in [0.2, 0.25) is 0 Å². The van der Waals surface area contributed by atoms with Crippen LogP contribution >= 0.6 is 0 Å². The van der Waals surface area contributed by atoms with Crippen LogP contribution in [0.25, 0.3) is 0 Å². The van der Waals surface area contributed by atoms with Crippen molar-refractivity contribution in [3.05, 3.63) is 41.6 Å². The Balaban J connectivity index is 3.21. The van der Waals surface area contributed by atoms with Gasteiger partial charge in [0.25, 0.3) is 0 Å². The third-order valence-electron chi connectivity index (χ3n) is 3.13. The van der Waals surface area contributed by atoms with Gasteiger partial charge >= 0.3 is 11.9 Å². The fourth-order valence-corrected chi connectivity index (χ4v) is 2.02. The molecule has 0 aliphatic carbocycles. The van der Waals surface area contributed by atoms with Gasteiger partial charge in [-0.2, -0.15) is 0 Å². The summed E-state index contributed by atoms with van der Waals surface area (Å²) < 4.78 is 10.2. The van der Waals surface area contributed by atoms with Crippen molar-refractivity contribution < 1.29 is 19.1 Å². The van der Waals surface area contributed by atoms with Crippen LogP contribution in [0.3, 0.4) is 0 Å². The molecule has 0 aliphatic rings. The number of hydrogen-bond donors (Lipinski definition) is 1. The van der Waals surface area contributed by atoms with Gasteiger partial charge in [-0.15, -0.1) is 0 Å². The molecule has 5 heteroatoms. The van der Waals surface area contributed by atoms with Crippen molar-refractivity contribution in [2.75, 3.05) is 18.5 Å². The Kier molecular flexibility index (Phi) is 8.50. The Labute approximate surface area is 137 Å². The van der Waals surface area contributed by atoms with Gasteiger partial charge in [0, 0.05) is 5.69 Å². The Morgan fingerprint density at radius 3 is 2.13 bits per heavy atom. The van der Waals surface area contributed by atoms with Crippen LogP contribution in [0.15, 0.2) is 41.6 Å². The molecule has 126 valence electrons. The molecular weight excluding hydrogens is 294 g/mol. The van der Waals surface area contributed by atoms with E-state index in [-0.39, 0.29) is 18.9 Å². The smallest absolute Gasteiger partial charge is 0.355 e. The molecule has 1 aromatic carbocycles. The van der Waals surface area contributed by atoms with Crippen molar-refractivity contribution in [1.82, 2.24) is 0 Å². The van der Waals surface area contributed by atoms with E-state index in [1.54, 1.807) is 13.8 Å². The molecule has 0 heterocycles. The van der Waals surface area contributed by atoms with Gasteiger partial charge in [-0.25, -0.2) is 9.59 Å². The second-order valence-corrected chi connectivity index (χ2v) is 4.89. The van der Waals surface area contributed by atoms with Gasteiger partial charge in [-0.3, -0.25) is 0 Å². The highest BCUT2D eigenvalue weighted by Crippen LogP contribution is 2.19. The highest BCUT2D eigenvalue weighted by molar-refractivity contribution is 6.02. The molecule has 0 bridgehead atoms. The summed E-state index contributed by atoms with van der Waals surface area (Å²) in [7, 11) is 0. The summed E-state index contributed by atoms with van der Waals surface area (Å²) in [5.74, 6) is -1.03. The zero-order valence-electron chi connectivity index (χ0n) is 14.1. The molecule has 0 aromatic heterocycles. The van der Waals surface area contributed by atoms with Crippen molar-refractivity contribution in [1.29, 1.82) is 0 Å². The predicted molar refractivity (Wildman–Crippen MR) is 89.9 cm³/mol. The van der Waals surface area contributed by atoms with Gasteiger partial charge in [-0.1, -0.05) is 31.5 Å². The summed E-state index contributed by atoms with van der Waals surface area (Å²) >= 11 is 0. The number of ether oxygens (including phenoxy) is 2. The predicted octanol–water partition coefficient (Wildman–Crippen LogP) is 3.67. The zero-order chi connectivity index (χ0) is 17.1. The molecule has 0 saturated heterocycles. The zero-order valence-corrected chi connectivity index (χ0v) is 14.1. The second kappa shape index (κ2) is 10.4. The largest absolute Gasteiger partial charge is 0.463 e. The maximum absolute atomic E-state index is 12.3. The van der Waals surface area contributed by atoms with Crippen LogP contribution in [0.5, 0.6) is 0 Å². The van der Waals surface area contributed by atoms with Crippen LogP contribution in [-0.4, -0.2) is 25.2 Å². The summed E-state index contributed by atoms with van der Waals surface area (Å²) in [5, 5.41) is 3.02. The number of anilines is 1. The van der Waals surface area contributed by atoms with Crippen molar-refractivity contribution in [2.24, 2.45) is 0 Å². The maximum atomic E-state index is 12.3. The number of para-hydroxylation sites is 1. The summed E-state index contributed by atoms with van der Waals surface area (Å²) in [5.41, 5.74) is 1.20. The van der Waals surface area contributed by atoms with Crippen LogP contribution in [0, 0.1) is 0 Å². The van der Waals surface area contributed by atoms with E-state index in [1.807, 2.05) is 37.3 Å². The topological polar surface area (TPSA) is 64.6 Å². The van der Waals surface area contributed by atoms with Gasteiger partial charge in [0.1, 0.15) is 5.70 Å². The lowest BCUT2D eigenvalue weighted by Crippen LogP contribution is -2.22. The number of nitrogens with one attached hydrogen (secondary N) is 1. The normalized spacial score (nSPS) is 11.4.